The van der Waals surface area contributed by atoms with Crippen LogP contribution in [0.3, 0.4) is 0 Å². The minimum Gasteiger partial charge on any atom is -0.326 e. The first-order chi connectivity index (χ1) is 7.20. The largest absolute Gasteiger partial charge is 0.326 e. The van der Waals surface area contributed by atoms with Gasteiger partial charge in [-0.3, -0.25) is 0 Å². The molecule has 0 heterocycles. The van der Waals surface area contributed by atoms with E-state index < -0.39 is 15.7 Å². The lowest BCUT2D eigenvalue weighted by atomic mass is 9.92. The lowest BCUT2D eigenvalue weighted by Gasteiger charge is -2.30. The van der Waals surface area contributed by atoms with Crippen LogP contribution in [0.15, 0.2) is 0 Å². The Hall–Kier alpha value is -0.170. The van der Waals surface area contributed by atoms with Crippen molar-refractivity contribution in [3.8, 4) is 0 Å². The Balaban J connectivity index is 2.58. The van der Waals surface area contributed by atoms with Crippen LogP contribution in [-0.4, -0.2) is 26.0 Å². The summed E-state index contributed by atoms with van der Waals surface area (Å²) in [5.74, 6) is 0. The smallest absolute Gasteiger partial charge is 0.277 e. The standard InChI is InChI=1S/C10H23N3O2S/c1-10(2,3)13-16(14,15)12-9-7-5-4-6-8(9)11/h8-9,12-13H,4-7,11H2,1-3H3/t8-,9-/m1/s1. The quantitative estimate of drug-likeness (QED) is 0.680. The Morgan fingerprint density at radius 1 is 1.19 bits per heavy atom. The molecule has 6 heteroatoms. The number of hydrogen-bond acceptors (Lipinski definition) is 3. The van der Waals surface area contributed by atoms with Crippen LogP contribution in [-0.2, 0) is 10.2 Å². The van der Waals surface area contributed by atoms with Gasteiger partial charge in [0.1, 0.15) is 0 Å². The molecule has 5 nitrogen and oxygen atoms in total. The fraction of sp³-hybridized carbons (Fsp3) is 1.00. The third-order valence-electron chi connectivity index (χ3n) is 2.57. The summed E-state index contributed by atoms with van der Waals surface area (Å²) in [5.41, 5.74) is 5.43. The Kier molecular flexibility index (Phi) is 4.34. The highest BCUT2D eigenvalue weighted by molar-refractivity contribution is 7.87. The van der Waals surface area contributed by atoms with Crippen molar-refractivity contribution in [3.05, 3.63) is 0 Å². The van der Waals surface area contributed by atoms with Crippen molar-refractivity contribution in [2.24, 2.45) is 5.73 Å². The molecule has 2 atom stereocenters. The second kappa shape index (κ2) is 5.00. The lowest BCUT2D eigenvalue weighted by Crippen LogP contribution is -2.55. The van der Waals surface area contributed by atoms with Gasteiger partial charge in [0.05, 0.1) is 0 Å². The van der Waals surface area contributed by atoms with Crippen LogP contribution < -0.4 is 15.2 Å². The molecule has 0 aliphatic heterocycles. The van der Waals surface area contributed by atoms with E-state index in [1.165, 1.54) is 0 Å². The number of rotatable bonds is 3. The topological polar surface area (TPSA) is 84.2 Å². The van der Waals surface area contributed by atoms with Crippen molar-refractivity contribution < 1.29 is 8.42 Å². The molecule has 16 heavy (non-hydrogen) atoms. The van der Waals surface area contributed by atoms with E-state index in [0.717, 1.165) is 25.7 Å². The third-order valence-corrected chi connectivity index (χ3v) is 4.06. The van der Waals surface area contributed by atoms with Crippen molar-refractivity contribution in [1.82, 2.24) is 9.44 Å². The normalized spacial score (nSPS) is 28.0. The molecule has 0 saturated heterocycles. The molecular formula is C10H23N3O2S. The van der Waals surface area contributed by atoms with Crippen molar-refractivity contribution in [1.29, 1.82) is 0 Å². The first kappa shape index (κ1) is 13.9. The molecule has 0 aromatic heterocycles. The maximum atomic E-state index is 11.8. The van der Waals surface area contributed by atoms with E-state index in [1.807, 2.05) is 20.8 Å². The molecule has 0 aromatic carbocycles. The highest BCUT2D eigenvalue weighted by Gasteiger charge is 2.28. The monoisotopic (exact) mass is 249 g/mol. The second-order valence-electron chi connectivity index (χ2n) is 5.53. The van der Waals surface area contributed by atoms with Crippen LogP contribution in [0.1, 0.15) is 46.5 Å². The molecule has 1 rings (SSSR count). The van der Waals surface area contributed by atoms with Crippen molar-refractivity contribution in [3.63, 3.8) is 0 Å². The molecule has 1 fully saturated rings. The van der Waals surface area contributed by atoms with Gasteiger partial charge in [0.15, 0.2) is 0 Å². The van der Waals surface area contributed by atoms with Gasteiger partial charge in [0, 0.05) is 17.6 Å². The summed E-state index contributed by atoms with van der Waals surface area (Å²) in [7, 11) is -3.45. The van der Waals surface area contributed by atoms with Crippen molar-refractivity contribution in [2.45, 2.75) is 64.1 Å². The molecule has 1 aliphatic carbocycles. The van der Waals surface area contributed by atoms with E-state index in [4.69, 9.17) is 5.73 Å². The molecule has 1 aliphatic rings. The van der Waals surface area contributed by atoms with Gasteiger partial charge in [0.2, 0.25) is 0 Å². The SMILES string of the molecule is CC(C)(C)NS(=O)(=O)N[C@@H]1CCCC[C@H]1N. The minimum atomic E-state index is -3.45. The molecule has 0 amide bonds. The van der Waals surface area contributed by atoms with Crippen LogP contribution in [0.5, 0.6) is 0 Å². The summed E-state index contributed by atoms with van der Waals surface area (Å²) in [6.45, 7) is 5.44. The van der Waals surface area contributed by atoms with E-state index in [-0.39, 0.29) is 12.1 Å². The highest BCUT2D eigenvalue weighted by Crippen LogP contribution is 2.17. The van der Waals surface area contributed by atoms with Crippen LogP contribution in [0.2, 0.25) is 0 Å². The Morgan fingerprint density at radius 3 is 2.25 bits per heavy atom. The molecule has 0 spiro atoms. The fourth-order valence-corrected chi connectivity index (χ4v) is 3.49. The predicted octanol–water partition coefficient (Wildman–Crippen LogP) is 0.479. The van der Waals surface area contributed by atoms with Crippen LogP contribution in [0.4, 0.5) is 0 Å². The molecular weight excluding hydrogens is 226 g/mol. The zero-order valence-electron chi connectivity index (χ0n) is 10.3. The van der Waals surface area contributed by atoms with Gasteiger partial charge in [0.25, 0.3) is 10.2 Å². The van der Waals surface area contributed by atoms with Crippen molar-refractivity contribution >= 4 is 10.2 Å². The summed E-state index contributed by atoms with van der Waals surface area (Å²) in [5, 5.41) is 0. The van der Waals surface area contributed by atoms with E-state index >= 15 is 0 Å². The molecule has 0 unspecified atom stereocenters. The first-order valence-electron chi connectivity index (χ1n) is 5.76. The molecule has 1 saturated carbocycles. The van der Waals surface area contributed by atoms with Gasteiger partial charge in [-0.25, -0.2) is 0 Å². The van der Waals surface area contributed by atoms with Crippen LogP contribution in [0, 0.1) is 0 Å². The van der Waals surface area contributed by atoms with E-state index in [2.05, 4.69) is 9.44 Å². The zero-order chi connectivity index (χ0) is 12.4. The maximum absolute atomic E-state index is 11.8. The Bertz CT molecular complexity index is 321. The highest BCUT2D eigenvalue weighted by atomic mass is 32.2. The zero-order valence-corrected chi connectivity index (χ0v) is 11.1. The molecule has 0 aromatic rings. The van der Waals surface area contributed by atoms with Crippen LogP contribution in [0.25, 0.3) is 0 Å². The van der Waals surface area contributed by atoms with Gasteiger partial charge < -0.3 is 5.73 Å². The molecule has 4 N–H and O–H groups in total. The Morgan fingerprint density at radius 2 is 1.75 bits per heavy atom. The second-order valence-corrected chi connectivity index (χ2v) is 6.97. The summed E-state index contributed by atoms with van der Waals surface area (Å²) in [6.07, 6.45) is 3.84. The van der Waals surface area contributed by atoms with E-state index in [0.29, 0.717) is 0 Å². The minimum absolute atomic E-state index is 0.0645. The van der Waals surface area contributed by atoms with E-state index in [1.54, 1.807) is 0 Å². The molecule has 0 radical (unpaired) electrons. The fourth-order valence-electron chi connectivity index (χ4n) is 1.94. The van der Waals surface area contributed by atoms with Gasteiger partial charge in [-0.1, -0.05) is 12.8 Å². The van der Waals surface area contributed by atoms with Gasteiger partial charge in [-0.15, -0.1) is 0 Å². The van der Waals surface area contributed by atoms with Gasteiger partial charge >= 0.3 is 0 Å². The number of hydrogen-bond donors (Lipinski definition) is 3. The Labute approximate surface area is 98.4 Å². The predicted molar refractivity (Wildman–Crippen MR) is 65.2 cm³/mol. The summed E-state index contributed by atoms with van der Waals surface area (Å²) >= 11 is 0. The average molecular weight is 249 g/mol. The maximum Gasteiger partial charge on any atom is 0.277 e. The molecule has 0 bridgehead atoms. The van der Waals surface area contributed by atoms with Crippen molar-refractivity contribution in [2.75, 3.05) is 0 Å². The molecule has 96 valence electrons. The van der Waals surface area contributed by atoms with Crippen LogP contribution >= 0.6 is 0 Å². The first-order valence-corrected chi connectivity index (χ1v) is 7.25. The lowest BCUT2D eigenvalue weighted by molar-refractivity contribution is 0.356. The number of nitrogens with one attached hydrogen (secondary N) is 2. The van der Waals surface area contributed by atoms with Gasteiger partial charge in [-0.05, 0) is 33.6 Å². The summed E-state index contributed by atoms with van der Waals surface area (Å²) in [4.78, 5) is 0. The summed E-state index contributed by atoms with van der Waals surface area (Å²) < 4.78 is 28.8. The average Bonchev–Trinajstić information content (AvgIpc) is 2.04. The summed E-state index contributed by atoms with van der Waals surface area (Å²) in [6, 6.07) is -0.195. The third kappa shape index (κ3) is 4.78. The van der Waals surface area contributed by atoms with E-state index in [9.17, 15) is 8.42 Å². The number of nitrogens with two attached hydrogens (primary N) is 1. The van der Waals surface area contributed by atoms with Gasteiger partial charge in [-0.2, -0.15) is 17.9 Å².